The zero-order valence-corrected chi connectivity index (χ0v) is 17.8. The lowest BCUT2D eigenvalue weighted by Gasteiger charge is -2.40. The van der Waals surface area contributed by atoms with E-state index < -0.39 is 0 Å². The Labute approximate surface area is 176 Å². The van der Waals surface area contributed by atoms with Crippen molar-refractivity contribution in [2.24, 2.45) is 5.92 Å². The fourth-order valence-corrected chi connectivity index (χ4v) is 5.20. The van der Waals surface area contributed by atoms with Crippen LogP contribution in [-0.2, 0) is 16.1 Å². The highest BCUT2D eigenvalue weighted by molar-refractivity contribution is 5.76. The van der Waals surface area contributed by atoms with Crippen LogP contribution >= 0.6 is 0 Å². The SMILES string of the molecule is O=C(CCC1CCCN(C2CCOCC2)C1)N1CCN(Cc2ccccc2)CC1. The molecule has 1 aromatic rings. The van der Waals surface area contributed by atoms with Crippen molar-refractivity contribution >= 4 is 5.91 Å². The summed E-state index contributed by atoms with van der Waals surface area (Å²) in [6, 6.07) is 11.3. The largest absolute Gasteiger partial charge is 0.381 e. The van der Waals surface area contributed by atoms with Gasteiger partial charge in [0.05, 0.1) is 0 Å². The topological polar surface area (TPSA) is 36.0 Å². The van der Waals surface area contributed by atoms with Crippen LogP contribution in [-0.4, -0.2) is 79.1 Å². The monoisotopic (exact) mass is 399 g/mol. The van der Waals surface area contributed by atoms with Crippen molar-refractivity contribution in [2.45, 2.75) is 51.1 Å². The lowest BCUT2D eigenvalue weighted by atomic mass is 9.91. The van der Waals surface area contributed by atoms with Gasteiger partial charge in [-0.2, -0.15) is 0 Å². The third-order valence-corrected chi connectivity index (χ3v) is 7.00. The van der Waals surface area contributed by atoms with E-state index in [1.54, 1.807) is 0 Å². The maximum Gasteiger partial charge on any atom is 0.222 e. The zero-order valence-electron chi connectivity index (χ0n) is 17.8. The number of carbonyl (C=O) groups excluding carboxylic acids is 1. The minimum Gasteiger partial charge on any atom is -0.381 e. The number of hydrogen-bond acceptors (Lipinski definition) is 4. The van der Waals surface area contributed by atoms with Crippen LogP contribution in [0.25, 0.3) is 0 Å². The van der Waals surface area contributed by atoms with Gasteiger partial charge < -0.3 is 9.64 Å². The molecule has 0 radical (unpaired) electrons. The summed E-state index contributed by atoms with van der Waals surface area (Å²) in [5.74, 6) is 1.06. The van der Waals surface area contributed by atoms with Gasteiger partial charge in [0.15, 0.2) is 0 Å². The smallest absolute Gasteiger partial charge is 0.222 e. The van der Waals surface area contributed by atoms with E-state index in [-0.39, 0.29) is 0 Å². The molecule has 3 heterocycles. The molecule has 4 rings (SSSR count). The van der Waals surface area contributed by atoms with Crippen molar-refractivity contribution < 1.29 is 9.53 Å². The Balaban J connectivity index is 1.16. The number of piperidine rings is 1. The average Bonchev–Trinajstić information content (AvgIpc) is 2.79. The normalized spacial score (nSPS) is 25.2. The number of hydrogen-bond donors (Lipinski definition) is 0. The summed E-state index contributed by atoms with van der Waals surface area (Å²) in [6.45, 7) is 8.98. The van der Waals surface area contributed by atoms with E-state index in [1.807, 2.05) is 0 Å². The second-order valence-electron chi connectivity index (χ2n) is 9.03. The zero-order chi connectivity index (χ0) is 19.9. The van der Waals surface area contributed by atoms with E-state index in [2.05, 4.69) is 45.0 Å². The van der Waals surface area contributed by atoms with Gasteiger partial charge in [0.1, 0.15) is 0 Å². The van der Waals surface area contributed by atoms with Gasteiger partial charge in [0, 0.05) is 64.9 Å². The van der Waals surface area contributed by atoms with E-state index in [0.29, 0.717) is 17.9 Å². The molecule has 5 nitrogen and oxygen atoms in total. The van der Waals surface area contributed by atoms with Crippen LogP contribution in [0.4, 0.5) is 0 Å². The Kier molecular flexibility index (Phi) is 7.58. The number of ether oxygens (including phenoxy) is 1. The first-order chi connectivity index (χ1) is 14.3. The summed E-state index contributed by atoms with van der Waals surface area (Å²) in [5, 5.41) is 0. The number of nitrogens with zero attached hydrogens (tertiary/aromatic N) is 3. The summed E-state index contributed by atoms with van der Waals surface area (Å²) in [5.41, 5.74) is 1.36. The minimum absolute atomic E-state index is 0.368. The molecule has 1 atom stereocenters. The van der Waals surface area contributed by atoms with Crippen molar-refractivity contribution in [3.8, 4) is 0 Å². The molecule has 0 bridgehead atoms. The van der Waals surface area contributed by atoms with Gasteiger partial charge in [0.25, 0.3) is 0 Å². The van der Waals surface area contributed by atoms with E-state index in [0.717, 1.165) is 58.8 Å². The molecular formula is C24H37N3O2. The number of likely N-dealkylation sites (tertiary alicyclic amines) is 1. The molecular weight excluding hydrogens is 362 g/mol. The number of rotatable bonds is 6. The number of amides is 1. The molecule has 3 aliphatic heterocycles. The van der Waals surface area contributed by atoms with Crippen molar-refractivity contribution in [3.63, 3.8) is 0 Å². The summed E-state index contributed by atoms with van der Waals surface area (Å²) in [6.07, 6.45) is 6.72. The Bertz CT molecular complexity index is 624. The van der Waals surface area contributed by atoms with Gasteiger partial charge in [-0.3, -0.25) is 14.6 Å². The predicted octanol–water partition coefficient (Wildman–Crippen LogP) is 3.00. The van der Waals surface area contributed by atoms with E-state index >= 15 is 0 Å². The van der Waals surface area contributed by atoms with Gasteiger partial charge >= 0.3 is 0 Å². The van der Waals surface area contributed by atoms with Gasteiger partial charge in [-0.1, -0.05) is 30.3 Å². The molecule has 3 saturated heterocycles. The maximum absolute atomic E-state index is 12.8. The Hall–Kier alpha value is -1.43. The molecule has 1 aromatic carbocycles. The summed E-state index contributed by atoms with van der Waals surface area (Å²) in [7, 11) is 0. The second-order valence-corrected chi connectivity index (χ2v) is 9.03. The minimum atomic E-state index is 0.368. The third-order valence-electron chi connectivity index (χ3n) is 7.00. The fraction of sp³-hybridized carbons (Fsp3) is 0.708. The van der Waals surface area contributed by atoms with Crippen molar-refractivity contribution in [1.82, 2.24) is 14.7 Å². The Morgan fingerprint density at radius 3 is 2.48 bits per heavy atom. The molecule has 29 heavy (non-hydrogen) atoms. The van der Waals surface area contributed by atoms with E-state index in [1.165, 1.54) is 44.3 Å². The van der Waals surface area contributed by atoms with Crippen LogP contribution in [0.2, 0.25) is 0 Å². The first kappa shape index (κ1) is 20.8. The van der Waals surface area contributed by atoms with Crippen LogP contribution < -0.4 is 0 Å². The van der Waals surface area contributed by atoms with Crippen molar-refractivity contribution in [1.29, 1.82) is 0 Å². The molecule has 5 heteroatoms. The van der Waals surface area contributed by atoms with Crippen LogP contribution in [0, 0.1) is 5.92 Å². The lowest BCUT2D eigenvalue weighted by molar-refractivity contribution is -0.133. The number of carbonyl (C=O) groups is 1. The second kappa shape index (κ2) is 10.6. The predicted molar refractivity (Wildman–Crippen MR) is 116 cm³/mol. The molecule has 3 fully saturated rings. The van der Waals surface area contributed by atoms with Crippen LogP contribution in [0.15, 0.2) is 30.3 Å². The molecule has 0 saturated carbocycles. The summed E-state index contributed by atoms with van der Waals surface area (Å²) < 4.78 is 5.52. The molecule has 160 valence electrons. The lowest BCUT2D eigenvalue weighted by Crippen LogP contribution is -2.48. The summed E-state index contributed by atoms with van der Waals surface area (Å²) >= 11 is 0. The molecule has 3 aliphatic rings. The first-order valence-electron chi connectivity index (χ1n) is 11.6. The molecule has 0 aromatic heterocycles. The third kappa shape index (κ3) is 6.03. The number of benzene rings is 1. The van der Waals surface area contributed by atoms with Gasteiger partial charge in [-0.05, 0) is 50.1 Å². The first-order valence-corrected chi connectivity index (χ1v) is 11.6. The average molecular weight is 400 g/mol. The van der Waals surface area contributed by atoms with Crippen LogP contribution in [0.1, 0.15) is 44.1 Å². The van der Waals surface area contributed by atoms with E-state index in [9.17, 15) is 4.79 Å². The molecule has 0 spiro atoms. The molecule has 1 unspecified atom stereocenters. The van der Waals surface area contributed by atoms with Crippen LogP contribution in [0.5, 0.6) is 0 Å². The van der Waals surface area contributed by atoms with Gasteiger partial charge in [-0.15, -0.1) is 0 Å². The highest BCUT2D eigenvalue weighted by Gasteiger charge is 2.28. The standard InChI is InChI=1S/C24H37N3O2/c28-24(26-15-13-25(14-16-26)19-21-5-2-1-3-6-21)9-8-22-7-4-12-27(20-22)23-10-17-29-18-11-23/h1-3,5-6,22-23H,4,7-20H2. The van der Waals surface area contributed by atoms with Crippen molar-refractivity contribution in [2.75, 3.05) is 52.5 Å². The summed E-state index contributed by atoms with van der Waals surface area (Å²) in [4.78, 5) is 20.0. The highest BCUT2D eigenvalue weighted by Crippen LogP contribution is 2.26. The maximum atomic E-state index is 12.8. The molecule has 0 aliphatic carbocycles. The Morgan fingerprint density at radius 1 is 0.966 bits per heavy atom. The van der Waals surface area contributed by atoms with Crippen LogP contribution in [0.3, 0.4) is 0 Å². The Morgan fingerprint density at radius 2 is 1.72 bits per heavy atom. The van der Waals surface area contributed by atoms with Gasteiger partial charge in [-0.25, -0.2) is 0 Å². The van der Waals surface area contributed by atoms with E-state index in [4.69, 9.17) is 4.74 Å². The quantitative estimate of drug-likeness (QED) is 0.737. The van der Waals surface area contributed by atoms with Gasteiger partial charge in [0.2, 0.25) is 5.91 Å². The fourth-order valence-electron chi connectivity index (χ4n) is 5.20. The number of piperazine rings is 1. The highest BCUT2D eigenvalue weighted by atomic mass is 16.5. The molecule has 1 amide bonds. The molecule has 0 N–H and O–H groups in total. The van der Waals surface area contributed by atoms with Crippen molar-refractivity contribution in [3.05, 3.63) is 35.9 Å².